The molecule has 0 nitrogen and oxygen atoms in total. The topological polar surface area (TPSA) is 0 Å². The van der Waals surface area contributed by atoms with E-state index in [1.54, 1.807) is 0 Å². The van der Waals surface area contributed by atoms with Gasteiger partial charge in [0.15, 0.2) is 0 Å². The summed E-state index contributed by atoms with van der Waals surface area (Å²) in [4.78, 5) is 0. The number of hydrogen-bond donors (Lipinski definition) is 0. The van der Waals surface area contributed by atoms with Crippen LogP contribution < -0.4 is 0 Å². The van der Waals surface area contributed by atoms with Crippen molar-refractivity contribution >= 4 is 0 Å². The summed E-state index contributed by atoms with van der Waals surface area (Å²) in [5.41, 5.74) is 0. The van der Waals surface area contributed by atoms with Gasteiger partial charge in [-0.3, -0.25) is 0 Å². The van der Waals surface area contributed by atoms with Gasteiger partial charge in [-0.1, -0.05) is 47.0 Å². The first kappa shape index (κ1) is 10.0. The van der Waals surface area contributed by atoms with Crippen molar-refractivity contribution in [2.75, 3.05) is 0 Å². The van der Waals surface area contributed by atoms with Crippen molar-refractivity contribution in [2.45, 2.75) is 53.4 Å². The van der Waals surface area contributed by atoms with Gasteiger partial charge >= 0.3 is 0 Å². The minimum absolute atomic E-state index is 0.932. The lowest BCUT2D eigenvalue weighted by Gasteiger charge is -2.14. The van der Waals surface area contributed by atoms with Crippen LogP contribution in [0, 0.1) is 11.8 Å². The van der Waals surface area contributed by atoms with Crippen molar-refractivity contribution in [3.05, 3.63) is 0 Å². The maximum absolute atomic E-state index is 2.37. The molecule has 0 saturated heterocycles. The van der Waals surface area contributed by atoms with Gasteiger partial charge in [0, 0.05) is 0 Å². The molecule has 0 aliphatic heterocycles. The van der Waals surface area contributed by atoms with Crippen LogP contribution in [0.5, 0.6) is 0 Å². The van der Waals surface area contributed by atoms with Crippen LogP contribution in [-0.4, -0.2) is 0 Å². The predicted octanol–water partition coefficient (Wildman–Crippen LogP) is 3.86. The van der Waals surface area contributed by atoms with E-state index in [0.29, 0.717) is 0 Å². The molecule has 0 rings (SSSR count). The lowest BCUT2D eigenvalue weighted by Crippen LogP contribution is -2.01. The minimum Gasteiger partial charge on any atom is -0.0654 e. The second kappa shape index (κ2) is 5.76. The summed E-state index contributed by atoms with van der Waals surface area (Å²) in [6.45, 7) is 9.28. The third kappa shape index (κ3) is 4.84. The quantitative estimate of drug-likeness (QED) is 0.547. The third-order valence-electron chi connectivity index (χ3n) is 2.28. The maximum atomic E-state index is 2.37. The lowest BCUT2D eigenvalue weighted by atomic mass is 9.92. The molecule has 0 radical (unpaired) electrons. The Morgan fingerprint density at radius 2 is 1.60 bits per heavy atom. The molecule has 0 aromatic carbocycles. The van der Waals surface area contributed by atoms with Gasteiger partial charge in [0.2, 0.25) is 0 Å². The first-order valence-corrected chi connectivity index (χ1v) is 4.70. The molecule has 0 fully saturated rings. The Labute approximate surface area is 66.0 Å². The van der Waals surface area contributed by atoms with Crippen LogP contribution in [-0.2, 0) is 0 Å². The molecule has 0 amide bonds. The molecule has 0 aromatic rings. The van der Waals surface area contributed by atoms with Crippen LogP contribution in [0.25, 0.3) is 0 Å². The fourth-order valence-electron chi connectivity index (χ4n) is 1.46. The normalized spacial score (nSPS) is 16.8. The zero-order valence-electron chi connectivity index (χ0n) is 7.98. The molecule has 0 saturated carbocycles. The van der Waals surface area contributed by atoms with Crippen molar-refractivity contribution in [3.63, 3.8) is 0 Å². The molecule has 0 aliphatic rings. The van der Waals surface area contributed by atoms with E-state index in [9.17, 15) is 0 Å². The minimum atomic E-state index is 0.932. The Kier molecular flexibility index (Phi) is 5.76. The highest BCUT2D eigenvalue weighted by Crippen LogP contribution is 2.18. The fourth-order valence-corrected chi connectivity index (χ4v) is 1.46. The second-order valence-corrected chi connectivity index (χ2v) is 3.64. The van der Waals surface area contributed by atoms with Gasteiger partial charge in [-0.15, -0.1) is 0 Å². The largest absolute Gasteiger partial charge is 0.0654 e. The Morgan fingerprint density at radius 1 is 1.00 bits per heavy atom. The van der Waals surface area contributed by atoms with E-state index in [0.717, 1.165) is 11.8 Å². The SMILES string of the molecule is CCC[C@@H](C)C[C@H](C)CC. The van der Waals surface area contributed by atoms with E-state index in [2.05, 4.69) is 27.7 Å². The van der Waals surface area contributed by atoms with E-state index < -0.39 is 0 Å². The van der Waals surface area contributed by atoms with Crippen molar-refractivity contribution in [2.24, 2.45) is 11.8 Å². The van der Waals surface area contributed by atoms with Crippen molar-refractivity contribution in [1.29, 1.82) is 0 Å². The standard InChI is InChI=1S/C10H22/c1-5-7-10(4)8-9(3)6-2/h9-10H,5-8H2,1-4H3/t9-,10-/m1/s1. The van der Waals surface area contributed by atoms with E-state index >= 15 is 0 Å². The van der Waals surface area contributed by atoms with Gasteiger partial charge in [-0.05, 0) is 18.3 Å². The van der Waals surface area contributed by atoms with Crippen molar-refractivity contribution < 1.29 is 0 Å². The van der Waals surface area contributed by atoms with E-state index in [-0.39, 0.29) is 0 Å². The molecule has 0 aliphatic carbocycles. The van der Waals surface area contributed by atoms with Crippen LogP contribution in [0.15, 0.2) is 0 Å². The van der Waals surface area contributed by atoms with Crippen molar-refractivity contribution in [1.82, 2.24) is 0 Å². The maximum Gasteiger partial charge on any atom is -0.0440 e. The van der Waals surface area contributed by atoms with Gasteiger partial charge in [0.05, 0.1) is 0 Å². The van der Waals surface area contributed by atoms with Gasteiger partial charge in [0.25, 0.3) is 0 Å². The summed E-state index contributed by atoms with van der Waals surface area (Å²) in [6.07, 6.45) is 5.51. The molecule has 0 unspecified atom stereocenters. The van der Waals surface area contributed by atoms with Crippen molar-refractivity contribution in [3.8, 4) is 0 Å². The summed E-state index contributed by atoms with van der Waals surface area (Å²) >= 11 is 0. The van der Waals surface area contributed by atoms with Crippen LogP contribution in [0.4, 0.5) is 0 Å². The Hall–Kier alpha value is 0. The highest BCUT2D eigenvalue weighted by atomic mass is 14.1. The zero-order valence-corrected chi connectivity index (χ0v) is 7.98. The summed E-state index contributed by atoms with van der Waals surface area (Å²) in [6, 6.07) is 0. The third-order valence-corrected chi connectivity index (χ3v) is 2.28. The van der Waals surface area contributed by atoms with Crippen LogP contribution in [0.3, 0.4) is 0 Å². The average Bonchev–Trinajstić information content (AvgIpc) is 1.88. The second-order valence-electron chi connectivity index (χ2n) is 3.64. The molecule has 62 valence electrons. The highest BCUT2D eigenvalue weighted by Gasteiger charge is 2.04. The fraction of sp³-hybridized carbons (Fsp3) is 1.00. The molecule has 0 bridgehead atoms. The van der Waals surface area contributed by atoms with E-state index in [4.69, 9.17) is 0 Å². The van der Waals surface area contributed by atoms with Crippen LogP contribution >= 0.6 is 0 Å². The molecule has 0 spiro atoms. The predicted molar refractivity (Wildman–Crippen MR) is 48.1 cm³/mol. The molecule has 2 atom stereocenters. The average molecular weight is 142 g/mol. The van der Waals surface area contributed by atoms with E-state index in [1.165, 1.54) is 25.7 Å². The zero-order chi connectivity index (χ0) is 7.98. The molecular weight excluding hydrogens is 120 g/mol. The highest BCUT2D eigenvalue weighted by molar-refractivity contribution is 4.57. The van der Waals surface area contributed by atoms with Gasteiger partial charge in [-0.25, -0.2) is 0 Å². The Balaban J connectivity index is 3.27. The summed E-state index contributed by atoms with van der Waals surface area (Å²) < 4.78 is 0. The number of rotatable bonds is 5. The molecular formula is C10H22. The van der Waals surface area contributed by atoms with Gasteiger partial charge in [-0.2, -0.15) is 0 Å². The van der Waals surface area contributed by atoms with Gasteiger partial charge < -0.3 is 0 Å². The van der Waals surface area contributed by atoms with Gasteiger partial charge in [0.1, 0.15) is 0 Å². The van der Waals surface area contributed by atoms with Crippen LogP contribution in [0.1, 0.15) is 53.4 Å². The summed E-state index contributed by atoms with van der Waals surface area (Å²) in [7, 11) is 0. The molecule has 10 heavy (non-hydrogen) atoms. The lowest BCUT2D eigenvalue weighted by molar-refractivity contribution is 0.384. The summed E-state index contributed by atoms with van der Waals surface area (Å²) in [5.74, 6) is 1.88. The smallest absolute Gasteiger partial charge is 0.0440 e. The molecule has 0 N–H and O–H groups in total. The first-order chi connectivity index (χ1) is 4.70. The summed E-state index contributed by atoms with van der Waals surface area (Å²) in [5, 5.41) is 0. The molecule has 0 aromatic heterocycles. The van der Waals surface area contributed by atoms with E-state index in [1.807, 2.05) is 0 Å². The molecule has 0 heteroatoms. The Bertz CT molecular complexity index is 66.4. The monoisotopic (exact) mass is 142 g/mol. The first-order valence-electron chi connectivity index (χ1n) is 4.70. The number of hydrogen-bond acceptors (Lipinski definition) is 0. The Morgan fingerprint density at radius 3 is 2.00 bits per heavy atom. The van der Waals surface area contributed by atoms with Crippen LogP contribution in [0.2, 0.25) is 0 Å². The molecule has 0 heterocycles.